The predicted octanol–water partition coefficient (Wildman–Crippen LogP) is 1.20. The second kappa shape index (κ2) is 5.82. The molecule has 0 atom stereocenters. The standard InChI is InChI=1S/C12H10N4O5/c17-11(5-7-3-4-13-15-7)14-10-6-8(16(20)21)1-2-9(10)12(18)19/h1-4,6H,5H2,(H,13,15)(H,14,17)(H,18,19). The number of hydrogen-bond donors (Lipinski definition) is 3. The molecule has 0 fully saturated rings. The fourth-order valence-electron chi connectivity index (χ4n) is 1.69. The fourth-order valence-corrected chi connectivity index (χ4v) is 1.69. The topological polar surface area (TPSA) is 138 Å². The molecule has 0 bridgehead atoms. The molecule has 2 rings (SSSR count). The first-order valence-corrected chi connectivity index (χ1v) is 5.77. The van der Waals surface area contributed by atoms with Gasteiger partial charge in [-0.25, -0.2) is 4.79 Å². The van der Waals surface area contributed by atoms with E-state index in [9.17, 15) is 19.7 Å². The molecule has 0 spiro atoms. The summed E-state index contributed by atoms with van der Waals surface area (Å²) in [4.78, 5) is 32.9. The lowest BCUT2D eigenvalue weighted by Gasteiger charge is -2.07. The molecular weight excluding hydrogens is 280 g/mol. The van der Waals surface area contributed by atoms with Gasteiger partial charge in [-0.05, 0) is 12.1 Å². The van der Waals surface area contributed by atoms with Crippen LogP contribution in [0.25, 0.3) is 0 Å². The Morgan fingerprint density at radius 2 is 2.14 bits per heavy atom. The number of anilines is 1. The van der Waals surface area contributed by atoms with Gasteiger partial charge in [0.25, 0.3) is 5.69 Å². The largest absolute Gasteiger partial charge is 0.478 e. The molecule has 3 N–H and O–H groups in total. The van der Waals surface area contributed by atoms with Gasteiger partial charge in [0.15, 0.2) is 0 Å². The molecule has 0 aliphatic carbocycles. The number of rotatable bonds is 5. The van der Waals surface area contributed by atoms with Gasteiger partial charge in [-0.1, -0.05) is 0 Å². The van der Waals surface area contributed by atoms with E-state index in [0.717, 1.165) is 18.2 Å². The third-order valence-corrected chi connectivity index (χ3v) is 2.63. The number of H-pyrrole nitrogens is 1. The van der Waals surface area contributed by atoms with Crippen molar-refractivity contribution in [1.82, 2.24) is 10.2 Å². The van der Waals surface area contributed by atoms with E-state index in [4.69, 9.17) is 5.11 Å². The monoisotopic (exact) mass is 290 g/mol. The molecule has 9 nitrogen and oxygen atoms in total. The minimum Gasteiger partial charge on any atom is -0.478 e. The van der Waals surface area contributed by atoms with E-state index < -0.39 is 16.8 Å². The van der Waals surface area contributed by atoms with Crippen LogP contribution in [0.4, 0.5) is 11.4 Å². The number of nitro benzene ring substituents is 1. The normalized spacial score (nSPS) is 10.1. The average molecular weight is 290 g/mol. The molecule has 0 unspecified atom stereocenters. The van der Waals surface area contributed by atoms with Crippen LogP contribution >= 0.6 is 0 Å². The van der Waals surface area contributed by atoms with Gasteiger partial charge in [0.2, 0.25) is 5.91 Å². The zero-order chi connectivity index (χ0) is 15.4. The number of carbonyl (C=O) groups is 2. The van der Waals surface area contributed by atoms with Crippen molar-refractivity contribution in [3.63, 3.8) is 0 Å². The fraction of sp³-hybridized carbons (Fsp3) is 0.0833. The van der Waals surface area contributed by atoms with Gasteiger partial charge in [0.05, 0.1) is 22.6 Å². The average Bonchev–Trinajstić information content (AvgIpc) is 2.90. The van der Waals surface area contributed by atoms with E-state index in [-0.39, 0.29) is 23.4 Å². The van der Waals surface area contributed by atoms with Crippen molar-refractivity contribution >= 4 is 23.3 Å². The molecule has 1 heterocycles. The number of nitrogens with one attached hydrogen (secondary N) is 2. The van der Waals surface area contributed by atoms with Crippen LogP contribution in [-0.2, 0) is 11.2 Å². The van der Waals surface area contributed by atoms with E-state index >= 15 is 0 Å². The van der Waals surface area contributed by atoms with E-state index in [1.807, 2.05) is 0 Å². The molecule has 0 radical (unpaired) electrons. The summed E-state index contributed by atoms with van der Waals surface area (Å²) in [5.74, 6) is -1.80. The van der Waals surface area contributed by atoms with Gasteiger partial charge in [-0.2, -0.15) is 5.10 Å². The number of hydrogen-bond acceptors (Lipinski definition) is 5. The van der Waals surface area contributed by atoms with E-state index in [1.54, 1.807) is 6.07 Å². The molecule has 1 aromatic carbocycles. The number of benzene rings is 1. The van der Waals surface area contributed by atoms with Gasteiger partial charge >= 0.3 is 5.97 Å². The third-order valence-electron chi connectivity index (χ3n) is 2.63. The highest BCUT2D eigenvalue weighted by Gasteiger charge is 2.17. The first-order chi connectivity index (χ1) is 9.97. The van der Waals surface area contributed by atoms with Gasteiger partial charge in [0.1, 0.15) is 0 Å². The summed E-state index contributed by atoms with van der Waals surface area (Å²) in [6.45, 7) is 0. The summed E-state index contributed by atoms with van der Waals surface area (Å²) < 4.78 is 0. The zero-order valence-electron chi connectivity index (χ0n) is 10.6. The molecule has 0 aliphatic heterocycles. The van der Waals surface area contributed by atoms with Crippen LogP contribution in [0.5, 0.6) is 0 Å². The number of carboxylic acids is 1. The van der Waals surface area contributed by atoms with Gasteiger partial charge < -0.3 is 10.4 Å². The lowest BCUT2D eigenvalue weighted by atomic mass is 10.1. The van der Waals surface area contributed by atoms with Crippen LogP contribution in [0, 0.1) is 10.1 Å². The highest BCUT2D eigenvalue weighted by molar-refractivity contribution is 6.01. The van der Waals surface area contributed by atoms with Crippen molar-refractivity contribution in [2.75, 3.05) is 5.32 Å². The van der Waals surface area contributed by atoms with Gasteiger partial charge in [-0.3, -0.25) is 20.0 Å². The minimum absolute atomic E-state index is 0.0538. The van der Waals surface area contributed by atoms with E-state index in [2.05, 4.69) is 15.5 Å². The van der Waals surface area contributed by atoms with Crippen LogP contribution in [0.2, 0.25) is 0 Å². The van der Waals surface area contributed by atoms with Crippen molar-refractivity contribution in [3.05, 3.63) is 51.8 Å². The Morgan fingerprint density at radius 1 is 1.38 bits per heavy atom. The molecule has 2 aromatic rings. The van der Waals surface area contributed by atoms with E-state index in [1.165, 1.54) is 6.20 Å². The number of aromatic amines is 1. The second-order valence-electron chi connectivity index (χ2n) is 4.10. The van der Waals surface area contributed by atoms with Gasteiger partial charge in [-0.15, -0.1) is 0 Å². The van der Waals surface area contributed by atoms with Crippen LogP contribution in [0.15, 0.2) is 30.5 Å². The molecular formula is C12H10N4O5. The Kier molecular flexibility index (Phi) is 3.93. The smallest absolute Gasteiger partial charge is 0.337 e. The Bertz CT molecular complexity index is 696. The van der Waals surface area contributed by atoms with Crippen LogP contribution < -0.4 is 5.32 Å². The number of carbonyl (C=O) groups excluding carboxylic acids is 1. The zero-order valence-corrected chi connectivity index (χ0v) is 10.6. The molecule has 9 heteroatoms. The number of nitro groups is 1. The number of non-ortho nitro benzene ring substituents is 1. The number of amides is 1. The lowest BCUT2D eigenvalue weighted by molar-refractivity contribution is -0.384. The number of aromatic carboxylic acids is 1. The van der Waals surface area contributed by atoms with Crippen LogP contribution in [0.3, 0.4) is 0 Å². The van der Waals surface area contributed by atoms with Crippen molar-refractivity contribution in [2.24, 2.45) is 0 Å². The maximum absolute atomic E-state index is 11.8. The Morgan fingerprint density at radius 3 is 2.71 bits per heavy atom. The SMILES string of the molecule is O=C(Cc1ccn[nH]1)Nc1cc([N+](=O)[O-])ccc1C(=O)O. The predicted molar refractivity (Wildman–Crippen MR) is 71.0 cm³/mol. The highest BCUT2D eigenvalue weighted by Crippen LogP contribution is 2.22. The molecule has 1 amide bonds. The summed E-state index contributed by atoms with van der Waals surface area (Å²) >= 11 is 0. The summed E-state index contributed by atoms with van der Waals surface area (Å²) in [5.41, 5.74) is -0.119. The number of carboxylic acid groups (broad SMARTS) is 1. The maximum Gasteiger partial charge on any atom is 0.337 e. The number of aromatic nitrogens is 2. The Hall–Kier alpha value is -3.23. The summed E-state index contributed by atoms with van der Waals surface area (Å²) in [6, 6.07) is 4.74. The maximum atomic E-state index is 11.8. The molecule has 21 heavy (non-hydrogen) atoms. The van der Waals surface area contributed by atoms with Crippen LogP contribution in [-0.4, -0.2) is 32.1 Å². The Balaban J connectivity index is 2.24. The molecule has 0 aliphatic rings. The quantitative estimate of drug-likeness (QED) is 0.558. The summed E-state index contributed by atoms with van der Waals surface area (Å²) in [5, 5.41) is 28.4. The van der Waals surface area contributed by atoms with E-state index in [0.29, 0.717) is 5.69 Å². The number of nitrogens with zero attached hydrogens (tertiary/aromatic N) is 2. The molecule has 0 saturated heterocycles. The van der Waals surface area contributed by atoms with Crippen molar-refractivity contribution < 1.29 is 19.6 Å². The minimum atomic E-state index is -1.29. The first kappa shape index (κ1) is 14.2. The summed E-state index contributed by atoms with van der Waals surface area (Å²) in [6.07, 6.45) is 1.42. The second-order valence-corrected chi connectivity index (χ2v) is 4.10. The van der Waals surface area contributed by atoms with Crippen molar-refractivity contribution in [3.8, 4) is 0 Å². The van der Waals surface area contributed by atoms with Crippen molar-refractivity contribution in [1.29, 1.82) is 0 Å². The molecule has 0 saturated carbocycles. The molecule has 1 aromatic heterocycles. The third kappa shape index (κ3) is 3.41. The first-order valence-electron chi connectivity index (χ1n) is 5.77. The molecule has 108 valence electrons. The summed E-state index contributed by atoms with van der Waals surface area (Å²) in [7, 11) is 0. The van der Waals surface area contributed by atoms with Crippen LogP contribution in [0.1, 0.15) is 16.1 Å². The highest BCUT2D eigenvalue weighted by atomic mass is 16.6. The Labute approximate surface area is 117 Å². The van der Waals surface area contributed by atoms with Gasteiger partial charge in [0, 0.05) is 24.0 Å². The van der Waals surface area contributed by atoms with Crippen molar-refractivity contribution in [2.45, 2.75) is 6.42 Å². The lowest BCUT2D eigenvalue weighted by Crippen LogP contribution is -2.17.